The third-order valence-corrected chi connectivity index (χ3v) is 6.27. The maximum absolute atomic E-state index is 6.18. The van der Waals surface area contributed by atoms with Gasteiger partial charge in [-0.2, -0.15) is 0 Å². The molecule has 0 N–H and O–H groups in total. The molecule has 3 nitrogen and oxygen atoms in total. The van der Waals surface area contributed by atoms with Crippen molar-refractivity contribution in [3.05, 3.63) is 29.3 Å². The SMILES string of the molecule is c1cc2c(cc1CCCN1CC3(CCCO3)C1C1CC1)CCO2. The van der Waals surface area contributed by atoms with Crippen molar-refractivity contribution in [2.24, 2.45) is 5.92 Å². The fourth-order valence-electron chi connectivity index (χ4n) is 5.07. The van der Waals surface area contributed by atoms with Crippen molar-refractivity contribution in [1.29, 1.82) is 0 Å². The van der Waals surface area contributed by atoms with Crippen LogP contribution in [0.5, 0.6) is 5.75 Å². The topological polar surface area (TPSA) is 21.7 Å². The molecule has 23 heavy (non-hydrogen) atoms. The van der Waals surface area contributed by atoms with E-state index in [0.29, 0.717) is 0 Å². The van der Waals surface area contributed by atoms with E-state index in [1.807, 2.05) is 0 Å². The number of benzene rings is 1. The minimum absolute atomic E-state index is 0.256. The monoisotopic (exact) mass is 313 g/mol. The number of hydrogen-bond acceptors (Lipinski definition) is 3. The molecule has 1 spiro atoms. The highest BCUT2D eigenvalue weighted by molar-refractivity contribution is 5.39. The van der Waals surface area contributed by atoms with Crippen molar-refractivity contribution in [2.75, 3.05) is 26.3 Å². The lowest BCUT2D eigenvalue weighted by atomic mass is 9.78. The quantitative estimate of drug-likeness (QED) is 0.833. The van der Waals surface area contributed by atoms with Gasteiger partial charge in [-0.05, 0) is 68.2 Å². The lowest BCUT2D eigenvalue weighted by Gasteiger charge is -2.56. The Morgan fingerprint density at radius 3 is 3.00 bits per heavy atom. The first-order valence-corrected chi connectivity index (χ1v) is 9.47. The van der Waals surface area contributed by atoms with Crippen LogP contribution in [0.1, 0.15) is 43.2 Å². The Kier molecular flexibility index (Phi) is 3.41. The van der Waals surface area contributed by atoms with Crippen LogP contribution in [0.15, 0.2) is 18.2 Å². The van der Waals surface area contributed by atoms with Gasteiger partial charge in [0, 0.05) is 25.6 Å². The highest BCUT2D eigenvalue weighted by atomic mass is 16.5. The summed E-state index contributed by atoms with van der Waals surface area (Å²) in [5.74, 6) is 2.03. The lowest BCUT2D eigenvalue weighted by molar-refractivity contribution is -0.168. The molecule has 1 aromatic rings. The molecular weight excluding hydrogens is 286 g/mol. The maximum atomic E-state index is 6.18. The fraction of sp³-hybridized carbons (Fsp3) is 0.700. The molecule has 0 aromatic heterocycles. The Balaban J connectivity index is 1.17. The highest BCUT2D eigenvalue weighted by Crippen LogP contribution is 2.51. The first-order valence-electron chi connectivity index (χ1n) is 9.47. The Morgan fingerprint density at radius 2 is 2.17 bits per heavy atom. The molecule has 2 atom stereocenters. The van der Waals surface area contributed by atoms with Crippen LogP contribution in [0.2, 0.25) is 0 Å². The van der Waals surface area contributed by atoms with Gasteiger partial charge in [0.25, 0.3) is 0 Å². The number of aryl methyl sites for hydroxylation is 1. The molecule has 1 aromatic carbocycles. The highest BCUT2D eigenvalue weighted by Gasteiger charge is 2.59. The normalized spacial score (nSPS) is 32.8. The van der Waals surface area contributed by atoms with Gasteiger partial charge in [-0.15, -0.1) is 0 Å². The van der Waals surface area contributed by atoms with Gasteiger partial charge < -0.3 is 9.47 Å². The zero-order valence-electron chi connectivity index (χ0n) is 13.9. The summed E-state index contributed by atoms with van der Waals surface area (Å²) in [6, 6.07) is 7.51. The predicted octanol–water partition coefficient (Wildman–Crippen LogP) is 3.20. The molecule has 0 radical (unpaired) electrons. The van der Waals surface area contributed by atoms with Crippen molar-refractivity contribution in [1.82, 2.24) is 4.90 Å². The summed E-state index contributed by atoms with van der Waals surface area (Å²) in [6.07, 6.45) is 8.96. The van der Waals surface area contributed by atoms with E-state index in [2.05, 4.69) is 23.1 Å². The number of nitrogens with zero attached hydrogens (tertiary/aromatic N) is 1. The van der Waals surface area contributed by atoms with Crippen LogP contribution in [-0.2, 0) is 17.6 Å². The van der Waals surface area contributed by atoms with Crippen LogP contribution in [-0.4, -0.2) is 42.8 Å². The van der Waals surface area contributed by atoms with Gasteiger partial charge in [0.15, 0.2) is 0 Å². The van der Waals surface area contributed by atoms with E-state index in [9.17, 15) is 0 Å². The van der Waals surface area contributed by atoms with Crippen LogP contribution in [0.25, 0.3) is 0 Å². The van der Waals surface area contributed by atoms with Gasteiger partial charge >= 0.3 is 0 Å². The largest absolute Gasteiger partial charge is 0.493 e. The number of ether oxygens (including phenoxy) is 2. The second kappa shape index (κ2) is 5.49. The first kappa shape index (κ1) is 14.3. The summed E-state index contributed by atoms with van der Waals surface area (Å²) >= 11 is 0. The van der Waals surface area contributed by atoms with E-state index in [0.717, 1.165) is 37.3 Å². The van der Waals surface area contributed by atoms with E-state index in [1.54, 1.807) is 0 Å². The second-order valence-corrected chi connectivity index (χ2v) is 7.91. The fourth-order valence-corrected chi connectivity index (χ4v) is 5.07. The second-order valence-electron chi connectivity index (χ2n) is 7.91. The first-order chi connectivity index (χ1) is 11.3. The van der Waals surface area contributed by atoms with Gasteiger partial charge in [0.05, 0.1) is 12.2 Å². The molecule has 1 aliphatic carbocycles. The van der Waals surface area contributed by atoms with Gasteiger partial charge in [-0.25, -0.2) is 0 Å². The molecule has 4 aliphatic rings. The summed E-state index contributed by atoms with van der Waals surface area (Å²) in [4.78, 5) is 2.72. The van der Waals surface area contributed by atoms with Crippen LogP contribution >= 0.6 is 0 Å². The van der Waals surface area contributed by atoms with Gasteiger partial charge in [0.1, 0.15) is 5.75 Å². The Bertz CT molecular complexity index is 589. The molecule has 3 heterocycles. The maximum Gasteiger partial charge on any atom is 0.122 e. The number of likely N-dealkylation sites (tertiary alicyclic amines) is 1. The van der Waals surface area contributed by atoms with E-state index >= 15 is 0 Å². The summed E-state index contributed by atoms with van der Waals surface area (Å²) in [5, 5.41) is 0. The van der Waals surface area contributed by atoms with E-state index < -0.39 is 0 Å². The molecular formula is C20H27NO2. The Hall–Kier alpha value is -1.06. The standard InChI is InChI=1S/C20H27NO2/c1(3-15-4-7-18-17(13-15)8-12-22-18)10-21-14-20(9-2-11-23-20)19(21)16-5-6-16/h4,7,13,16,19H,1-3,5-6,8-12,14H2. The third kappa shape index (κ3) is 2.49. The molecule has 0 amide bonds. The third-order valence-electron chi connectivity index (χ3n) is 6.27. The predicted molar refractivity (Wildman–Crippen MR) is 90.0 cm³/mol. The smallest absolute Gasteiger partial charge is 0.122 e. The summed E-state index contributed by atoms with van der Waals surface area (Å²) in [7, 11) is 0. The molecule has 3 fully saturated rings. The Labute approximate surface area is 139 Å². The number of hydrogen-bond donors (Lipinski definition) is 0. The van der Waals surface area contributed by atoms with Crippen molar-refractivity contribution in [2.45, 2.75) is 56.6 Å². The van der Waals surface area contributed by atoms with Crippen LogP contribution in [0.3, 0.4) is 0 Å². The molecule has 1 saturated carbocycles. The van der Waals surface area contributed by atoms with Crippen molar-refractivity contribution in [3.63, 3.8) is 0 Å². The van der Waals surface area contributed by atoms with Crippen molar-refractivity contribution >= 4 is 0 Å². The average Bonchev–Trinajstić information content (AvgIpc) is 3.04. The molecule has 2 saturated heterocycles. The van der Waals surface area contributed by atoms with E-state index in [-0.39, 0.29) is 5.60 Å². The minimum atomic E-state index is 0.256. The summed E-state index contributed by atoms with van der Waals surface area (Å²) < 4.78 is 11.8. The lowest BCUT2D eigenvalue weighted by Crippen LogP contribution is -2.70. The van der Waals surface area contributed by atoms with Gasteiger partial charge in [-0.3, -0.25) is 4.90 Å². The van der Waals surface area contributed by atoms with Crippen molar-refractivity contribution < 1.29 is 9.47 Å². The number of rotatable bonds is 5. The van der Waals surface area contributed by atoms with Crippen LogP contribution in [0, 0.1) is 5.92 Å². The van der Waals surface area contributed by atoms with Gasteiger partial charge in [-0.1, -0.05) is 12.1 Å². The average molecular weight is 313 g/mol. The van der Waals surface area contributed by atoms with Gasteiger partial charge in [0.2, 0.25) is 0 Å². The molecule has 3 heteroatoms. The van der Waals surface area contributed by atoms with Crippen LogP contribution < -0.4 is 4.74 Å². The number of fused-ring (bicyclic) bond motifs is 1. The molecule has 124 valence electrons. The zero-order valence-corrected chi connectivity index (χ0v) is 13.9. The van der Waals surface area contributed by atoms with Crippen LogP contribution in [0.4, 0.5) is 0 Å². The summed E-state index contributed by atoms with van der Waals surface area (Å²) in [5.41, 5.74) is 3.14. The van der Waals surface area contributed by atoms with Crippen molar-refractivity contribution in [3.8, 4) is 5.75 Å². The van der Waals surface area contributed by atoms with E-state index in [4.69, 9.17) is 9.47 Å². The van der Waals surface area contributed by atoms with E-state index in [1.165, 1.54) is 62.7 Å². The Morgan fingerprint density at radius 1 is 1.22 bits per heavy atom. The summed E-state index contributed by atoms with van der Waals surface area (Å²) in [6.45, 7) is 4.28. The molecule has 2 unspecified atom stereocenters. The zero-order chi connectivity index (χ0) is 15.3. The molecule has 0 bridgehead atoms. The molecule has 5 rings (SSSR count). The minimum Gasteiger partial charge on any atom is -0.493 e. The molecule has 3 aliphatic heterocycles.